The summed E-state index contributed by atoms with van der Waals surface area (Å²) < 4.78 is 5.49. The molecule has 0 N–H and O–H groups in total. The fraction of sp³-hybridized carbons (Fsp3) is 0.200. The molecule has 0 spiro atoms. The van der Waals surface area contributed by atoms with Gasteiger partial charge in [0, 0.05) is 5.02 Å². The molecule has 2 aromatic rings. The van der Waals surface area contributed by atoms with E-state index >= 15 is 0 Å². The number of rotatable bonds is 4. The first kappa shape index (κ1) is 17.4. The molecule has 0 radical (unpaired) electrons. The minimum Gasteiger partial charge on any atom is -0.494 e. The number of hydrogen-bond donors (Lipinski definition) is 0. The molecule has 124 valence electrons. The average Bonchev–Trinajstić information content (AvgIpc) is 2.58. The van der Waals surface area contributed by atoms with E-state index in [0.717, 1.165) is 40.9 Å². The van der Waals surface area contributed by atoms with E-state index in [0.29, 0.717) is 21.7 Å². The molecule has 0 saturated carbocycles. The molecule has 3 rings (SSSR count). The molecule has 24 heavy (non-hydrogen) atoms. The molecule has 0 amide bonds. The molecule has 0 heterocycles. The lowest BCUT2D eigenvalue weighted by Gasteiger charge is -2.21. The lowest BCUT2D eigenvalue weighted by atomic mass is 9.89. The largest absolute Gasteiger partial charge is 0.494 e. The van der Waals surface area contributed by atoms with Crippen molar-refractivity contribution in [2.75, 3.05) is 6.61 Å². The van der Waals surface area contributed by atoms with E-state index in [-0.39, 0.29) is 0 Å². The highest BCUT2D eigenvalue weighted by atomic mass is 35.5. The van der Waals surface area contributed by atoms with Crippen LogP contribution in [0.15, 0.2) is 58.6 Å². The second-order valence-corrected chi connectivity index (χ2v) is 6.75. The van der Waals surface area contributed by atoms with E-state index in [1.54, 1.807) is 0 Å². The zero-order chi connectivity index (χ0) is 17.1. The first-order valence-electron chi connectivity index (χ1n) is 7.87. The van der Waals surface area contributed by atoms with E-state index < -0.39 is 0 Å². The van der Waals surface area contributed by atoms with Crippen LogP contribution in [0, 0.1) is 0 Å². The van der Waals surface area contributed by atoms with E-state index in [9.17, 15) is 0 Å². The lowest BCUT2D eigenvalue weighted by molar-refractivity contribution is 0.340. The van der Waals surface area contributed by atoms with Crippen molar-refractivity contribution in [2.45, 2.75) is 19.8 Å². The van der Waals surface area contributed by atoms with E-state index in [2.05, 4.69) is 0 Å². The summed E-state index contributed by atoms with van der Waals surface area (Å²) in [5, 5.41) is 1.91. The Balaban J connectivity index is 1.96. The highest BCUT2D eigenvalue weighted by Crippen LogP contribution is 2.44. The highest BCUT2D eigenvalue weighted by molar-refractivity contribution is 6.48. The van der Waals surface area contributed by atoms with E-state index in [1.807, 2.05) is 55.5 Å². The van der Waals surface area contributed by atoms with Crippen molar-refractivity contribution >= 4 is 45.9 Å². The Morgan fingerprint density at radius 3 is 2.04 bits per heavy atom. The Kier molecular flexibility index (Phi) is 5.55. The van der Waals surface area contributed by atoms with Crippen LogP contribution in [0.25, 0.3) is 11.1 Å². The fourth-order valence-electron chi connectivity index (χ4n) is 2.87. The van der Waals surface area contributed by atoms with Crippen LogP contribution in [-0.4, -0.2) is 6.61 Å². The molecule has 1 aliphatic rings. The monoisotopic (exact) mass is 378 g/mol. The average molecular weight is 380 g/mol. The first-order chi connectivity index (χ1) is 11.6. The van der Waals surface area contributed by atoms with Gasteiger partial charge in [0.2, 0.25) is 0 Å². The quantitative estimate of drug-likeness (QED) is 0.549. The van der Waals surface area contributed by atoms with Crippen LogP contribution in [0.2, 0.25) is 5.02 Å². The summed E-state index contributed by atoms with van der Waals surface area (Å²) >= 11 is 19.2. The van der Waals surface area contributed by atoms with Crippen LogP contribution < -0.4 is 4.74 Å². The van der Waals surface area contributed by atoms with Crippen LogP contribution >= 0.6 is 34.8 Å². The standard InChI is InChI=1S/C20H17Cl3O/c1-2-24-16-8-6-13(7-9-16)17-10-11-18(20(23)19(17)22)14-4-3-5-15(21)12-14/h3-9,12H,2,10-11H2,1H3. The molecule has 1 aliphatic carbocycles. The van der Waals surface area contributed by atoms with Gasteiger partial charge in [0.1, 0.15) is 5.75 Å². The Labute approximate surface area is 157 Å². The Morgan fingerprint density at radius 1 is 0.833 bits per heavy atom. The summed E-state index contributed by atoms with van der Waals surface area (Å²) in [6, 6.07) is 15.7. The van der Waals surface area contributed by atoms with Gasteiger partial charge in [0.15, 0.2) is 0 Å². The van der Waals surface area contributed by atoms with Gasteiger partial charge < -0.3 is 4.74 Å². The summed E-state index contributed by atoms with van der Waals surface area (Å²) in [6.07, 6.45) is 1.67. The lowest BCUT2D eigenvalue weighted by Crippen LogP contribution is -2.00. The third-order valence-electron chi connectivity index (χ3n) is 4.03. The minimum atomic E-state index is 0.606. The van der Waals surface area contributed by atoms with Crippen molar-refractivity contribution < 1.29 is 4.74 Å². The number of halogens is 3. The molecule has 4 heteroatoms. The van der Waals surface area contributed by atoms with Crippen molar-refractivity contribution in [2.24, 2.45) is 0 Å². The molecule has 0 fully saturated rings. The molecule has 1 nitrogen and oxygen atoms in total. The number of allylic oxidation sites excluding steroid dienone is 4. The molecular formula is C20H17Cl3O. The topological polar surface area (TPSA) is 9.23 Å². The van der Waals surface area contributed by atoms with Crippen LogP contribution in [0.1, 0.15) is 30.9 Å². The van der Waals surface area contributed by atoms with Gasteiger partial charge in [-0.1, -0.05) is 59.1 Å². The number of hydrogen-bond acceptors (Lipinski definition) is 1. The van der Waals surface area contributed by atoms with Gasteiger partial charge in [-0.15, -0.1) is 0 Å². The SMILES string of the molecule is CCOc1ccc(C2=C(Cl)C(Cl)=C(c3cccc(Cl)c3)CC2)cc1. The third-order valence-corrected chi connectivity index (χ3v) is 5.20. The predicted molar refractivity (Wildman–Crippen MR) is 104 cm³/mol. The van der Waals surface area contributed by atoms with Crippen molar-refractivity contribution in [3.05, 3.63) is 74.7 Å². The summed E-state index contributed by atoms with van der Waals surface area (Å²) in [5.74, 6) is 0.857. The van der Waals surface area contributed by atoms with Gasteiger partial charge in [0.05, 0.1) is 16.7 Å². The van der Waals surface area contributed by atoms with Crippen LogP contribution in [0.4, 0.5) is 0 Å². The second-order valence-electron chi connectivity index (χ2n) is 5.55. The Hall–Kier alpha value is -1.41. The Morgan fingerprint density at radius 2 is 1.46 bits per heavy atom. The molecule has 2 aromatic carbocycles. The Bertz CT molecular complexity index is 804. The van der Waals surface area contributed by atoms with Gasteiger partial charge in [-0.05, 0) is 66.3 Å². The van der Waals surface area contributed by atoms with Gasteiger partial charge in [-0.3, -0.25) is 0 Å². The summed E-state index contributed by atoms with van der Waals surface area (Å²) in [5.41, 5.74) is 4.21. The molecular weight excluding hydrogens is 363 g/mol. The first-order valence-corrected chi connectivity index (χ1v) is 9.00. The van der Waals surface area contributed by atoms with Crippen molar-refractivity contribution in [3.8, 4) is 5.75 Å². The van der Waals surface area contributed by atoms with Crippen molar-refractivity contribution in [1.82, 2.24) is 0 Å². The molecule has 0 aliphatic heterocycles. The highest BCUT2D eigenvalue weighted by Gasteiger charge is 2.21. The van der Waals surface area contributed by atoms with Gasteiger partial charge in [0.25, 0.3) is 0 Å². The molecule has 0 atom stereocenters. The summed E-state index contributed by atoms with van der Waals surface area (Å²) in [6.45, 7) is 2.62. The zero-order valence-electron chi connectivity index (χ0n) is 13.3. The summed E-state index contributed by atoms with van der Waals surface area (Å²) in [7, 11) is 0. The maximum Gasteiger partial charge on any atom is 0.119 e. The number of ether oxygens (including phenoxy) is 1. The maximum atomic E-state index is 6.58. The van der Waals surface area contributed by atoms with Crippen molar-refractivity contribution in [3.63, 3.8) is 0 Å². The van der Waals surface area contributed by atoms with E-state index in [1.165, 1.54) is 0 Å². The minimum absolute atomic E-state index is 0.606. The zero-order valence-corrected chi connectivity index (χ0v) is 15.6. The van der Waals surface area contributed by atoms with E-state index in [4.69, 9.17) is 39.5 Å². The molecule has 0 bridgehead atoms. The van der Waals surface area contributed by atoms with Crippen LogP contribution in [-0.2, 0) is 0 Å². The molecule has 0 aromatic heterocycles. The maximum absolute atomic E-state index is 6.58. The van der Waals surface area contributed by atoms with Crippen LogP contribution in [0.5, 0.6) is 5.75 Å². The number of benzene rings is 2. The normalized spacial score (nSPS) is 15.0. The predicted octanol–water partition coefficient (Wildman–Crippen LogP) is 7.13. The summed E-state index contributed by atoms with van der Waals surface area (Å²) in [4.78, 5) is 0. The van der Waals surface area contributed by atoms with Gasteiger partial charge >= 0.3 is 0 Å². The molecule has 0 unspecified atom stereocenters. The fourth-order valence-corrected chi connectivity index (χ4v) is 3.70. The molecule has 0 saturated heterocycles. The van der Waals surface area contributed by atoms with Gasteiger partial charge in [-0.2, -0.15) is 0 Å². The van der Waals surface area contributed by atoms with Crippen LogP contribution in [0.3, 0.4) is 0 Å². The smallest absolute Gasteiger partial charge is 0.119 e. The second kappa shape index (κ2) is 7.65. The third kappa shape index (κ3) is 3.64. The van der Waals surface area contributed by atoms with Crippen molar-refractivity contribution in [1.29, 1.82) is 0 Å². The van der Waals surface area contributed by atoms with Gasteiger partial charge in [-0.25, -0.2) is 0 Å².